The molecule has 0 aromatic heterocycles. The Kier molecular flexibility index (Phi) is 18.6. The second-order valence-electron chi connectivity index (χ2n) is 12.6. The number of Topliss-reactive ketones (excluding diaryl/α,β-unsaturated/α-hetero) is 2. The molecule has 11 nitrogen and oxygen atoms in total. The summed E-state index contributed by atoms with van der Waals surface area (Å²) in [5, 5.41) is 9.79. The molecule has 4 N–H and O–H groups in total. The number of likely N-dealkylation sites (tertiary alicyclic amines) is 1. The Morgan fingerprint density at radius 3 is 1.96 bits per heavy atom. The van der Waals surface area contributed by atoms with Gasteiger partial charge in [0.1, 0.15) is 12.1 Å². The molecule has 0 spiro atoms. The molecule has 0 radical (unpaired) electrons. The lowest BCUT2D eigenvalue weighted by atomic mass is 9.85. The molecule has 1 saturated heterocycles. The average molecular weight is 676 g/mol. The van der Waals surface area contributed by atoms with E-state index in [1.807, 2.05) is 27.7 Å². The molecule has 1 aliphatic carbocycles. The van der Waals surface area contributed by atoms with E-state index in [9.17, 15) is 41.9 Å². The van der Waals surface area contributed by atoms with E-state index in [4.69, 9.17) is 0 Å². The molecule has 47 heavy (non-hydrogen) atoms. The van der Waals surface area contributed by atoms with Gasteiger partial charge in [0.25, 0.3) is 5.91 Å². The molecular weight excluding hydrogens is 619 g/mol. The Morgan fingerprint density at radius 1 is 0.915 bits per heavy atom. The first-order valence-electron chi connectivity index (χ1n) is 16.6. The molecule has 1 saturated carbocycles. The zero-order valence-corrected chi connectivity index (χ0v) is 29.4. The smallest absolute Gasteiger partial charge is 0.346 e. The molecule has 1 heterocycles. The number of carbonyl (C=O) groups is 6. The highest BCUT2D eigenvalue weighted by molar-refractivity contribution is 6.38. The Morgan fingerprint density at radius 2 is 1.49 bits per heavy atom. The highest BCUT2D eigenvalue weighted by atomic mass is 19.4. The van der Waals surface area contributed by atoms with Crippen molar-refractivity contribution in [2.24, 2.45) is 17.3 Å². The van der Waals surface area contributed by atoms with Crippen LogP contribution in [0.5, 0.6) is 0 Å². The minimum Gasteiger partial charge on any atom is -0.346 e. The zero-order chi connectivity index (χ0) is 36.7. The topological polar surface area (TPSA) is 154 Å². The third-order valence-electron chi connectivity index (χ3n) is 7.45. The summed E-state index contributed by atoms with van der Waals surface area (Å²) in [6.45, 7) is 20.2. The van der Waals surface area contributed by atoms with Crippen LogP contribution in [0.2, 0.25) is 0 Å². The molecule has 0 bridgehead atoms. The largest absolute Gasteiger partial charge is 0.389 e. The van der Waals surface area contributed by atoms with Gasteiger partial charge in [0.05, 0.1) is 12.1 Å². The summed E-state index contributed by atoms with van der Waals surface area (Å²) in [7, 11) is 0. The Bertz CT molecular complexity index is 1090. The molecule has 14 heteroatoms. The van der Waals surface area contributed by atoms with E-state index in [-0.39, 0.29) is 37.1 Å². The van der Waals surface area contributed by atoms with Crippen molar-refractivity contribution in [2.75, 3.05) is 13.1 Å². The maximum atomic E-state index is 13.8. The van der Waals surface area contributed by atoms with Gasteiger partial charge in [-0.2, -0.15) is 13.2 Å². The van der Waals surface area contributed by atoms with E-state index in [0.717, 1.165) is 12.8 Å². The standard InChI is InChI=1S/C29H44F3N5O6.2C2H6/c1-7-14-33-25(41)22(39)18(12-13-29(30,31)32)34-24(40)19-9-8-15-37(19)26(42)23(28(4,5)6)36-27(43)35-20(16(2)3)21(38)17-10-11-17;2*1-2/h7,16-20,23H,1,8-15H2,2-6H3,(H,33,41)(H,34,40)(H2,35,36,43);2*1-2H3. The van der Waals surface area contributed by atoms with Crippen LogP contribution < -0.4 is 21.3 Å². The first-order valence-corrected chi connectivity index (χ1v) is 16.6. The fourth-order valence-corrected chi connectivity index (χ4v) is 4.87. The monoisotopic (exact) mass is 675 g/mol. The first kappa shape index (κ1) is 43.5. The number of hydrogen-bond acceptors (Lipinski definition) is 6. The maximum Gasteiger partial charge on any atom is 0.389 e. The normalized spacial score (nSPS) is 17.8. The highest BCUT2D eigenvalue weighted by Gasteiger charge is 2.44. The van der Waals surface area contributed by atoms with Crippen LogP contribution in [-0.4, -0.2) is 83.7 Å². The quantitative estimate of drug-likeness (QED) is 0.158. The lowest BCUT2D eigenvalue weighted by molar-refractivity contribution is -0.147. The maximum absolute atomic E-state index is 13.8. The molecule has 0 aromatic rings. The summed E-state index contributed by atoms with van der Waals surface area (Å²) < 4.78 is 38.9. The van der Waals surface area contributed by atoms with E-state index in [1.165, 1.54) is 11.0 Å². The number of amides is 5. The van der Waals surface area contributed by atoms with Gasteiger partial charge in [-0.3, -0.25) is 24.0 Å². The number of rotatable bonds is 14. The number of ketones is 2. The van der Waals surface area contributed by atoms with Crippen LogP contribution >= 0.6 is 0 Å². The first-order chi connectivity index (χ1) is 21.9. The average Bonchev–Trinajstić information content (AvgIpc) is 3.74. The predicted octanol–water partition coefficient (Wildman–Crippen LogP) is 4.45. The Balaban J connectivity index is 0.00000508. The van der Waals surface area contributed by atoms with Crippen LogP contribution in [0.25, 0.3) is 0 Å². The molecule has 270 valence electrons. The van der Waals surface area contributed by atoms with E-state index >= 15 is 0 Å². The van der Waals surface area contributed by atoms with Crippen molar-refractivity contribution in [3.05, 3.63) is 12.7 Å². The van der Waals surface area contributed by atoms with Crippen molar-refractivity contribution < 1.29 is 41.9 Å². The van der Waals surface area contributed by atoms with Gasteiger partial charge in [-0.15, -0.1) is 6.58 Å². The second-order valence-corrected chi connectivity index (χ2v) is 12.6. The molecule has 2 rings (SSSR count). The molecular formula is C33H56F3N5O6. The van der Waals surface area contributed by atoms with E-state index in [1.54, 1.807) is 34.6 Å². The summed E-state index contributed by atoms with van der Waals surface area (Å²) >= 11 is 0. The number of alkyl halides is 3. The minimum atomic E-state index is -4.64. The Hall–Kier alpha value is -3.45. The van der Waals surface area contributed by atoms with Crippen LogP contribution in [0, 0.1) is 17.3 Å². The number of carbonyl (C=O) groups excluding carboxylic acids is 6. The number of nitrogens with one attached hydrogen (secondary N) is 4. The van der Waals surface area contributed by atoms with Gasteiger partial charge in [0, 0.05) is 25.4 Å². The molecule has 2 aliphatic rings. The van der Waals surface area contributed by atoms with Crippen molar-refractivity contribution in [3.63, 3.8) is 0 Å². The fourth-order valence-electron chi connectivity index (χ4n) is 4.87. The van der Waals surface area contributed by atoms with Gasteiger partial charge in [-0.05, 0) is 43.4 Å². The molecule has 0 aromatic carbocycles. The highest BCUT2D eigenvalue weighted by Crippen LogP contribution is 2.32. The number of halogens is 3. The zero-order valence-electron chi connectivity index (χ0n) is 29.4. The molecule has 5 amide bonds. The number of nitrogens with zero attached hydrogens (tertiary/aromatic N) is 1. The summed E-state index contributed by atoms with van der Waals surface area (Å²) in [4.78, 5) is 78.8. The lowest BCUT2D eigenvalue weighted by Gasteiger charge is -2.36. The van der Waals surface area contributed by atoms with Crippen LogP contribution in [-0.2, 0) is 24.0 Å². The van der Waals surface area contributed by atoms with Gasteiger partial charge >= 0.3 is 12.2 Å². The van der Waals surface area contributed by atoms with Gasteiger partial charge < -0.3 is 26.2 Å². The van der Waals surface area contributed by atoms with Crippen molar-refractivity contribution in [3.8, 4) is 0 Å². The number of urea groups is 1. The van der Waals surface area contributed by atoms with Crippen molar-refractivity contribution >= 4 is 35.3 Å². The fraction of sp³-hybridized carbons (Fsp3) is 0.758. The third kappa shape index (κ3) is 14.5. The van der Waals surface area contributed by atoms with Gasteiger partial charge in [0.2, 0.25) is 17.6 Å². The summed E-state index contributed by atoms with van der Waals surface area (Å²) in [5.41, 5.74) is -0.833. The number of hydrogen-bond donors (Lipinski definition) is 4. The second kappa shape index (κ2) is 20.0. The van der Waals surface area contributed by atoms with E-state index in [0.29, 0.717) is 6.42 Å². The SMILES string of the molecule is C=CCNC(=O)C(=O)C(CCC(F)(F)F)NC(=O)C1CCCN1C(=O)C(NC(=O)NC(C(=O)C1CC1)C(C)C)C(C)(C)C.CC.CC. The van der Waals surface area contributed by atoms with Gasteiger partial charge in [0.15, 0.2) is 5.78 Å². The lowest BCUT2D eigenvalue weighted by Crippen LogP contribution is -2.61. The third-order valence-corrected chi connectivity index (χ3v) is 7.45. The van der Waals surface area contributed by atoms with Crippen molar-refractivity contribution in [2.45, 2.75) is 131 Å². The van der Waals surface area contributed by atoms with Crippen molar-refractivity contribution in [1.82, 2.24) is 26.2 Å². The molecule has 1 aliphatic heterocycles. The molecule has 4 unspecified atom stereocenters. The summed E-state index contributed by atoms with van der Waals surface area (Å²) in [5.74, 6) is -4.23. The van der Waals surface area contributed by atoms with Crippen molar-refractivity contribution in [1.29, 1.82) is 0 Å². The Labute approximate surface area is 277 Å². The van der Waals surface area contributed by atoms with Crippen LogP contribution in [0.4, 0.5) is 18.0 Å². The molecule has 2 fully saturated rings. The van der Waals surface area contributed by atoms with E-state index < -0.39 is 78.1 Å². The van der Waals surface area contributed by atoms with Gasteiger partial charge in [-0.25, -0.2) is 4.79 Å². The van der Waals surface area contributed by atoms with Crippen LogP contribution in [0.1, 0.15) is 101 Å². The predicted molar refractivity (Wildman–Crippen MR) is 174 cm³/mol. The van der Waals surface area contributed by atoms with Crippen LogP contribution in [0.3, 0.4) is 0 Å². The molecule has 4 atom stereocenters. The minimum absolute atomic E-state index is 0.0622. The van der Waals surface area contributed by atoms with Gasteiger partial charge in [-0.1, -0.05) is 68.4 Å². The summed E-state index contributed by atoms with van der Waals surface area (Å²) in [6, 6.07) is -5.49. The van der Waals surface area contributed by atoms with Crippen LogP contribution in [0.15, 0.2) is 12.7 Å². The van der Waals surface area contributed by atoms with E-state index in [2.05, 4.69) is 27.8 Å². The summed E-state index contributed by atoms with van der Waals surface area (Å²) in [6.07, 6.45) is -3.54.